The van der Waals surface area contributed by atoms with Crippen molar-refractivity contribution in [3.63, 3.8) is 0 Å². The summed E-state index contributed by atoms with van der Waals surface area (Å²) in [5.74, 6) is -2.76. The van der Waals surface area contributed by atoms with Crippen LogP contribution in [0.15, 0.2) is 24.4 Å². The number of carboxylic acids is 1. The first-order valence-corrected chi connectivity index (χ1v) is 4.70. The van der Waals surface area contributed by atoms with Gasteiger partial charge in [-0.1, -0.05) is 12.2 Å². The van der Waals surface area contributed by atoms with Crippen LogP contribution in [0.3, 0.4) is 0 Å². The largest absolute Gasteiger partial charge is 0.490 e. The van der Waals surface area contributed by atoms with E-state index >= 15 is 0 Å². The number of rotatable bonds is 1. The average Bonchev–Trinajstić information content (AvgIpc) is 2.18. The second kappa shape index (κ2) is 6.19. The second-order valence-corrected chi connectivity index (χ2v) is 3.10. The smallest absolute Gasteiger partial charge is 0.475 e. The molecule has 0 saturated carbocycles. The molecule has 1 N–H and O–H groups in total. The summed E-state index contributed by atoms with van der Waals surface area (Å²) in [6, 6.07) is 0.583. The minimum absolute atomic E-state index is 0.583. The van der Waals surface area contributed by atoms with Crippen LogP contribution in [-0.2, 0) is 4.79 Å². The highest BCUT2D eigenvalue weighted by Gasteiger charge is 2.38. The number of nitrogens with zero attached hydrogens (tertiary/aromatic N) is 1. The third-order valence-corrected chi connectivity index (χ3v) is 1.91. The lowest BCUT2D eigenvalue weighted by molar-refractivity contribution is -0.192. The summed E-state index contributed by atoms with van der Waals surface area (Å²) in [6.07, 6.45) is 3.41. The van der Waals surface area contributed by atoms with Crippen molar-refractivity contribution in [3.8, 4) is 0 Å². The van der Waals surface area contributed by atoms with Gasteiger partial charge in [-0.25, -0.2) is 4.79 Å². The number of carboxylic acid groups (broad SMARTS) is 1. The molecule has 0 bridgehead atoms. The number of carbonyl (C=O) groups is 1. The van der Waals surface area contributed by atoms with Crippen LogP contribution in [0.25, 0.3) is 0 Å². The Morgan fingerprint density at radius 3 is 2.19 bits per heavy atom. The van der Waals surface area contributed by atoms with Crippen LogP contribution in [0.2, 0.25) is 0 Å². The van der Waals surface area contributed by atoms with Crippen molar-refractivity contribution in [1.82, 2.24) is 4.90 Å². The summed E-state index contributed by atoms with van der Waals surface area (Å²) in [7, 11) is 0. The first-order valence-electron chi connectivity index (χ1n) is 4.70. The number of aliphatic carboxylic acids is 1. The number of hydrogen-bond acceptors (Lipinski definition) is 2. The maximum Gasteiger partial charge on any atom is 0.490 e. The Hall–Kier alpha value is -1.46. The van der Waals surface area contributed by atoms with Gasteiger partial charge in [0, 0.05) is 12.6 Å². The molecule has 3 nitrogen and oxygen atoms in total. The van der Waals surface area contributed by atoms with Gasteiger partial charge in [-0.05, 0) is 26.1 Å². The number of allylic oxidation sites excluding steroid dienone is 2. The highest BCUT2D eigenvalue weighted by atomic mass is 19.4. The van der Waals surface area contributed by atoms with Gasteiger partial charge in [0.15, 0.2) is 0 Å². The molecule has 0 aliphatic carbocycles. The first kappa shape index (κ1) is 14.5. The number of alkyl halides is 3. The fourth-order valence-corrected chi connectivity index (χ4v) is 1.02. The van der Waals surface area contributed by atoms with Gasteiger partial charge in [0.05, 0.1) is 0 Å². The van der Waals surface area contributed by atoms with E-state index in [1.165, 1.54) is 0 Å². The van der Waals surface area contributed by atoms with Gasteiger partial charge >= 0.3 is 12.1 Å². The van der Waals surface area contributed by atoms with Crippen LogP contribution in [0.4, 0.5) is 13.2 Å². The molecule has 92 valence electrons. The highest BCUT2D eigenvalue weighted by Crippen LogP contribution is 2.13. The zero-order valence-electron chi connectivity index (χ0n) is 9.03. The van der Waals surface area contributed by atoms with Crippen LogP contribution in [0.1, 0.15) is 13.8 Å². The van der Waals surface area contributed by atoms with E-state index in [2.05, 4.69) is 43.2 Å². The summed E-state index contributed by atoms with van der Waals surface area (Å²) in [4.78, 5) is 11.2. The predicted octanol–water partition coefficient (Wildman–Crippen LogP) is 2.41. The number of hydrogen-bond donors (Lipinski definition) is 1. The van der Waals surface area contributed by atoms with Crippen molar-refractivity contribution in [2.24, 2.45) is 0 Å². The first-order chi connectivity index (χ1) is 7.29. The lowest BCUT2D eigenvalue weighted by Gasteiger charge is -2.25. The van der Waals surface area contributed by atoms with Gasteiger partial charge in [-0.3, -0.25) is 0 Å². The van der Waals surface area contributed by atoms with Gasteiger partial charge < -0.3 is 10.0 Å². The van der Waals surface area contributed by atoms with E-state index in [-0.39, 0.29) is 0 Å². The van der Waals surface area contributed by atoms with Crippen molar-refractivity contribution < 1.29 is 23.1 Å². The zero-order chi connectivity index (χ0) is 12.8. The molecular weight excluding hydrogens is 223 g/mol. The molecule has 1 rings (SSSR count). The third-order valence-electron chi connectivity index (χ3n) is 1.91. The Bertz CT molecular complexity index is 284. The van der Waals surface area contributed by atoms with Crippen molar-refractivity contribution in [2.45, 2.75) is 26.1 Å². The lowest BCUT2D eigenvalue weighted by atomic mass is 10.2. The summed E-state index contributed by atoms with van der Waals surface area (Å²) in [6.45, 7) is 5.46. The molecular formula is C10H14F3NO2. The maximum absolute atomic E-state index is 10.6. The summed E-state index contributed by atoms with van der Waals surface area (Å²) in [5.41, 5.74) is 0. The van der Waals surface area contributed by atoms with Crippen LogP contribution in [-0.4, -0.2) is 34.7 Å². The Balaban J connectivity index is 0.000000293. The fourth-order valence-electron chi connectivity index (χ4n) is 1.02. The summed E-state index contributed by atoms with van der Waals surface area (Å²) < 4.78 is 31.7. The van der Waals surface area contributed by atoms with Gasteiger partial charge in [-0.15, -0.1) is 0 Å². The van der Waals surface area contributed by atoms with E-state index < -0.39 is 12.1 Å². The molecule has 0 fully saturated rings. The molecule has 1 heterocycles. The van der Waals surface area contributed by atoms with Crippen molar-refractivity contribution >= 4 is 5.97 Å². The lowest BCUT2D eigenvalue weighted by Crippen LogP contribution is -2.27. The van der Waals surface area contributed by atoms with Crippen LogP contribution >= 0.6 is 0 Å². The monoisotopic (exact) mass is 237 g/mol. The molecule has 0 saturated heterocycles. The molecule has 1 aliphatic heterocycles. The molecule has 0 aromatic carbocycles. The van der Waals surface area contributed by atoms with Crippen molar-refractivity contribution in [2.75, 3.05) is 6.54 Å². The molecule has 0 aromatic heterocycles. The van der Waals surface area contributed by atoms with Crippen molar-refractivity contribution in [3.05, 3.63) is 24.4 Å². The molecule has 0 spiro atoms. The molecule has 0 radical (unpaired) electrons. The van der Waals surface area contributed by atoms with E-state index in [1.54, 1.807) is 0 Å². The Labute approximate surface area is 91.9 Å². The minimum Gasteiger partial charge on any atom is -0.475 e. The van der Waals surface area contributed by atoms with Crippen LogP contribution in [0, 0.1) is 0 Å². The SMILES string of the molecule is CCN1C=CC=CC1C.O=C(O)C(F)(F)F. The molecule has 0 aromatic rings. The van der Waals surface area contributed by atoms with Crippen molar-refractivity contribution in [1.29, 1.82) is 0 Å². The zero-order valence-corrected chi connectivity index (χ0v) is 9.03. The molecule has 1 atom stereocenters. The molecule has 0 amide bonds. The highest BCUT2D eigenvalue weighted by molar-refractivity contribution is 5.73. The second-order valence-electron chi connectivity index (χ2n) is 3.10. The van der Waals surface area contributed by atoms with E-state index in [0.717, 1.165) is 6.54 Å². The quantitative estimate of drug-likeness (QED) is 0.761. The van der Waals surface area contributed by atoms with Crippen LogP contribution in [0.5, 0.6) is 0 Å². The molecule has 1 unspecified atom stereocenters. The van der Waals surface area contributed by atoms with Gasteiger partial charge in [0.25, 0.3) is 0 Å². The van der Waals surface area contributed by atoms with Gasteiger partial charge in [0.1, 0.15) is 0 Å². The standard InChI is InChI=1S/C8H13N.C2HF3O2/c1-3-9-7-5-4-6-8(9)2;3-2(4,5)1(6)7/h4-8H,3H2,1-2H3;(H,6,7). The third kappa shape index (κ3) is 5.43. The number of likely N-dealkylation sites (N-methyl/N-ethyl adjacent to an activating group) is 1. The Kier molecular flexibility index (Phi) is 5.63. The van der Waals surface area contributed by atoms with Gasteiger partial charge in [-0.2, -0.15) is 13.2 Å². The fraction of sp³-hybridized carbons (Fsp3) is 0.500. The average molecular weight is 237 g/mol. The van der Waals surface area contributed by atoms with Crippen LogP contribution < -0.4 is 0 Å². The minimum atomic E-state index is -5.08. The number of halogens is 3. The summed E-state index contributed by atoms with van der Waals surface area (Å²) in [5, 5.41) is 7.12. The topological polar surface area (TPSA) is 40.5 Å². The normalized spacial score (nSPS) is 19.1. The van der Waals surface area contributed by atoms with E-state index in [1.807, 2.05) is 0 Å². The van der Waals surface area contributed by atoms with E-state index in [9.17, 15) is 13.2 Å². The van der Waals surface area contributed by atoms with E-state index in [0.29, 0.717) is 6.04 Å². The van der Waals surface area contributed by atoms with Gasteiger partial charge in [0.2, 0.25) is 0 Å². The Morgan fingerprint density at radius 1 is 1.44 bits per heavy atom. The van der Waals surface area contributed by atoms with E-state index in [4.69, 9.17) is 9.90 Å². The maximum atomic E-state index is 10.6. The molecule has 16 heavy (non-hydrogen) atoms. The summed E-state index contributed by atoms with van der Waals surface area (Å²) >= 11 is 0. The molecule has 6 heteroatoms. The molecule has 1 aliphatic rings. The predicted molar refractivity (Wildman–Crippen MR) is 53.8 cm³/mol. The Morgan fingerprint density at radius 2 is 1.94 bits per heavy atom.